The molecular formula is C14H28N2O. The van der Waals surface area contributed by atoms with E-state index in [0.29, 0.717) is 0 Å². The van der Waals surface area contributed by atoms with Crippen molar-refractivity contribution in [2.75, 3.05) is 13.6 Å². The third kappa shape index (κ3) is 4.66. The summed E-state index contributed by atoms with van der Waals surface area (Å²) in [6.45, 7) is 3.07. The summed E-state index contributed by atoms with van der Waals surface area (Å²) in [7, 11) is 1.93. The number of hydrogen-bond acceptors (Lipinski definition) is 2. The highest BCUT2D eigenvalue weighted by molar-refractivity contribution is 5.79. The van der Waals surface area contributed by atoms with Crippen LogP contribution in [-0.4, -0.2) is 30.4 Å². The number of carbonyl (C=O) groups excluding carboxylic acids is 1. The molecule has 0 saturated heterocycles. The maximum absolute atomic E-state index is 12.3. The standard InChI is InChI=1S/C14H28N2O/c1-3-4-8-11-16(2)14(17)12-9-6-5-7-10-13(12)15/h12-13H,3-11,15H2,1-2H3. The van der Waals surface area contributed by atoms with Crippen molar-refractivity contribution in [3.63, 3.8) is 0 Å². The van der Waals surface area contributed by atoms with Crippen LogP contribution in [0.5, 0.6) is 0 Å². The highest BCUT2D eigenvalue weighted by Crippen LogP contribution is 2.23. The second-order valence-electron chi connectivity index (χ2n) is 5.38. The van der Waals surface area contributed by atoms with Crippen LogP contribution in [0.25, 0.3) is 0 Å². The van der Waals surface area contributed by atoms with Crippen molar-refractivity contribution in [3.05, 3.63) is 0 Å². The summed E-state index contributed by atoms with van der Waals surface area (Å²) >= 11 is 0. The molecule has 2 N–H and O–H groups in total. The molecule has 0 bridgehead atoms. The number of rotatable bonds is 5. The Morgan fingerprint density at radius 1 is 1.24 bits per heavy atom. The Morgan fingerprint density at radius 2 is 1.94 bits per heavy atom. The molecule has 1 aliphatic rings. The first kappa shape index (κ1) is 14.5. The summed E-state index contributed by atoms with van der Waals surface area (Å²) in [5.74, 6) is 0.347. The van der Waals surface area contributed by atoms with E-state index in [1.807, 2.05) is 11.9 Å². The van der Waals surface area contributed by atoms with Gasteiger partial charge in [-0.3, -0.25) is 4.79 Å². The van der Waals surface area contributed by atoms with E-state index in [9.17, 15) is 4.79 Å². The van der Waals surface area contributed by atoms with E-state index in [0.717, 1.165) is 32.2 Å². The molecule has 1 saturated carbocycles. The fourth-order valence-electron chi connectivity index (χ4n) is 2.64. The van der Waals surface area contributed by atoms with Crippen molar-refractivity contribution in [1.82, 2.24) is 4.90 Å². The largest absolute Gasteiger partial charge is 0.345 e. The predicted octanol–water partition coefficient (Wildman–Crippen LogP) is 2.54. The molecule has 0 radical (unpaired) electrons. The van der Waals surface area contributed by atoms with E-state index in [1.165, 1.54) is 25.7 Å². The summed E-state index contributed by atoms with van der Waals surface area (Å²) in [5, 5.41) is 0. The number of nitrogens with zero attached hydrogens (tertiary/aromatic N) is 1. The first-order valence-corrected chi connectivity index (χ1v) is 7.17. The zero-order valence-corrected chi connectivity index (χ0v) is 11.5. The van der Waals surface area contributed by atoms with Crippen LogP contribution in [0.15, 0.2) is 0 Å². The van der Waals surface area contributed by atoms with Gasteiger partial charge in [0.2, 0.25) is 5.91 Å². The SMILES string of the molecule is CCCCCN(C)C(=O)C1CCCCCC1N. The minimum absolute atomic E-state index is 0.0733. The number of amides is 1. The Balaban J connectivity index is 2.42. The van der Waals surface area contributed by atoms with E-state index >= 15 is 0 Å². The molecule has 17 heavy (non-hydrogen) atoms. The molecule has 0 aromatic heterocycles. The molecule has 0 aromatic carbocycles. The normalized spacial score (nSPS) is 25.4. The average molecular weight is 240 g/mol. The summed E-state index contributed by atoms with van der Waals surface area (Å²) in [4.78, 5) is 14.2. The molecule has 1 fully saturated rings. The van der Waals surface area contributed by atoms with Gasteiger partial charge in [0, 0.05) is 19.6 Å². The molecule has 3 nitrogen and oxygen atoms in total. The van der Waals surface area contributed by atoms with E-state index < -0.39 is 0 Å². The van der Waals surface area contributed by atoms with Crippen LogP contribution >= 0.6 is 0 Å². The van der Waals surface area contributed by atoms with Crippen LogP contribution in [-0.2, 0) is 4.79 Å². The molecule has 1 amide bonds. The van der Waals surface area contributed by atoms with Gasteiger partial charge in [-0.2, -0.15) is 0 Å². The molecular weight excluding hydrogens is 212 g/mol. The predicted molar refractivity (Wildman–Crippen MR) is 71.7 cm³/mol. The molecule has 0 spiro atoms. The number of nitrogens with two attached hydrogens (primary N) is 1. The van der Waals surface area contributed by atoms with Crippen LogP contribution in [0, 0.1) is 5.92 Å². The van der Waals surface area contributed by atoms with E-state index in [-0.39, 0.29) is 17.9 Å². The molecule has 1 rings (SSSR count). The average Bonchev–Trinajstić information content (AvgIpc) is 2.53. The van der Waals surface area contributed by atoms with Gasteiger partial charge < -0.3 is 10.6 Å². The molecule has 1 aliphatic carbocycles. The van der Waals surface area contributed by atoms with Crippen LogP contribution in [0.3, 0.4) is 0 Å². The highest BCUT2D eigenvalue weighted by atomic mass is 16.2. The van der Waals surface area contributed by atoms with Gasteiger partial charge in [0.25, 0.3) is 0 Å². The molecule has 0 aliphatic heterocycles. The molecule has 0 heterocycles. The Kier molecular flexibility index (Phi) is 6.56. The van der Waals surface area contributed by atoms with Crippen molar-refractivity contribution in [3.8, 4) is 0 Å². The van der Waals surface area contributed by atoms with Gasteiger partial charge >= 0.3 is 0 Å². The Bertz CT molecular complexity index is 230. The van der Waals surface area contributed by atoms with Gasteiger partial charge in [-0.05, 0) is 19.3 Å². The number of unbranched alkanes of at least 4 members (excludes halogenated alkanes) is 2. The number of carbonyl (C=O) groups is 1. The Hall–Kier alpha value is -0.570. The maximum atomic E-state index is 12.3. The first-order valence-electron chi connectivity index (χ1n) is 7.17. The fraction of sp³-hybridized carbons (Fsp3) is 0.929. The van der Waals surface area contributed by atoms with Crippen LogP contribution in [0.1, 0.15) is 58.3 Å². The monoisotopic (exact) mass is 240 g/mol. The lowest BCUT2D eigenvalue weighted by Crippen LogP contribution is -2.42. The Morgan fingerprint density at radius 3 is 2.65 bits per heavy atom. The van der Waals surface area contributed by atoms with Gasteiger partial charge in [-0.25, -0.2) is 0 Å². The van der Waals surface area contributed by atoms with Crippen molar-refractivity contribution in [2.24, 2.45) is 11.7 Å². The molecule has 100 valence electrons. The van der Waals surface area contributed by atoms with Gasteiger partial charge in [0.1, 0.15) is 0 Å². The zero-order chi connectivity index (χ0) is 12.7. The van der Waals surface area contributed by atoms with Crippen LogP contribution in [0.2, 0.25) is 0 Å². The third-order valence-corrected chi connectivity index (χ3v) is 3.86. The van der Waals surface area contributed by atoms with E-state index in [2.05, 4.69) is 6.92 Å². The van der Waals surface area contributed by atoms with Crippen LogP contribution in [0.4, 0.5) is 0 Å². The fourth-order valence-corrected chi connectivity index (χ4v) is 2.64. The quantitative estimate of drug-likeness (QED) is 0.593. The van der Waals surface area contributed by atoms with Gasteiger partial charge in [-0.15, -0.1) is 0 Å². The van der Waals surface area contributed by atoms with Crippen LogP contribution < -0.4 is 5.73 Å². The minimum atomic E-state index is 0.0733. The first-order chi connectivity index (χ1) is 8.16. The second kappa shape index (κ2) is 7.70. The maximum Gasteiger partial charge on any atom is 0.226 e. The van der Waals surface area contributed by atoms with Crippen molar-refractivity contribution in [1.29, 1.82) is 0 Å². The second-order valence-corrected chi connectivity index (χ2v) is 5.38. The molecule has 3 heteroatoms. The lowest BCUT2D eigenvalue weighted by atomic mass is 9.94. The smallest absolute Gasteiger partial charge is 0.226 e. The van der Waals surface area contributed by atoms with E-state index in [1.54, 1.807) is 0 Å². The van der Waals surface area contributed by atoms with Crippen molar-refractivity contribution >= 4 is 5.91 Å². The highest BCUT2D eigenvalue weighted by Gasteiger charge is 2.28. The lowest BCUT2D eigenvalue weighted by molar-refractivity contribution is -0.135. The third-order valence-electron chi connectivity index (χ3n) is 3.86. The summed E-state index contributed by atoms with van der Waals surface area (Å²) in [6, 6.07) is 0.0821. The molecule has 0 aromatic rings. The zero-order valence-electron chi connectivity index (χ0n) is 11.5. The number of hydrogen-bond donors (Lipinski definition) is 1. The Labute approximate surface area is 106 Å². The summed E-state index contributed by atoms with van der Waals surface area (Å²) < 4.78 is 0. The molecule has 2 unspecified atom stereocenters. The van der Waals surface area contributed by atoms with Gasteiger partial charge in [-0.1, -0.05) is 39.0 Å². The van der Waals surface area contributed by atoms with Crippen molar-refractivity contribution in [2.45, 2.75) is 64.3 Å². The van der Waals surface area contributed by atoms with E-state index in [4.69, 9.17) is 5.73 Å². The molecule has 2 atom stereocenters. The topological polar surface area (TPSA) is 46.3 Å². The van der Waals surface area contributed by atoms with Gasteiger partial charge in [0.05, 0.1) is 5.92 Å². The summed E-state index contributed by atoms with van der Waals surface area (Å²) in [5.41, 5.74) is 6.13. The lowest BCUT2D eigenvalue weighted by Gasteiger charge is -2.26. The van der Waals surface area contributed by atoms with Gasteiger partial charge in [0.15, 0.2) is 0 Å². The minimum Gasteiger partial charge on any atom is -0.345 e. The summed E-state index contributed by atoms with van der Waals surface area (Å²) in [6.07, 6.45) is 9.09. The van der Waals surface area contributed by atoms with Crippen molar-refractivity contribution < 1.29 is 4.79 Å².